The lowest BCUT2D eigenvalue weighted by molar-refractivity contribution is 0.111. The smallest absolute Gasteiger partial charge is 0.154 e. The number of halogens is 1. The summed E-state index contributed by atoms with van der Waals surface area (Å²) in [6.07, 6.45) is 10.4. The number of allylic oxidation sites excluding steroid dienone is 3. The number of carbonyl (C=O) groups is 1. The van der Waals surface area contributed by atoms with Gasteiger partial charge in [0.2, 0.25) is 0 Å². The van der Waals surface area contributed by atoms with Crippen LogP contribution in [0.2, 0.25) is 0 Å². The summed E-state index contributed by atoms with van der Waals surface area (Å²) in [6.45, 7) is 20.5. The van der Waals surface area contributed by atoms with Crippen molar-refractivity contribution in [3.63, 3.8) is 0 Å². The second kappa shape index (κ2) is 19.9. The molecule has 0 saturated carbocycles. The maximum atomic E-state index is 11.9. The Bertz CT molecular complexity index is 1140. The van der Waals surface area contributed by atoms with E-state index in [9.17, 15) is 4.79 Å². The van der Waals surface area contributed by atoms with Crippen LogP contribution in [0.25, 0.3) is 0 Å². The van der Waals surface area contributed by atoms with Gasteiger partial charge in [0.25, 0.3) is 0 Å². The van der Waals surface area contributed by atoms with Crippen molar-refractivity contribution in [2.45, 2.75) is 81.3 Å². The molecule has 0 radical (unpaired) electrons. The zero-order valence-corrected chi connectivity index (χ0v) is 25.9. The average Bonchev–Trinajstić information content (AvgIpc) is 3.49. The van der Waals surface area contributed by atoms with Gasteiger partial charge in [0.1, 0.15) is 30.8 Å². The monoisotopic (exact) mass is 582 g/mol. The van der Waals surface area contributed by atoms with E-state index in [1.165, 1.54) is 6.20 Å². The SMILES string of the molecule is C=C/C(COc1cc(OCc2cncc(C#N)c2)c(C=O)c2c1CCC2)=C(C)\C(Br)=C/C.CC.CC.CC. The summed E-state index contributed by atoms with van der Waals surface area (Å²) in [7, 11) is 0. The molecular formula is C32H43BrN2O3. The largest absolute Gasteiger partial charge is 0.488 e. The molecule has 206 valence electrons. The number of benzene rings is 1. The first kappa shape index (κ1) is 34.8. The highest BCUT2D eigenvalue weighted by atomic mass is 79.9. The molecule has 2 aromatic rings. The van der Waals surface area contributed by atoms with E-state index in [2.05, 4.69) is 33.6 Å². The van der Waals surface area contributed by atoms with Crippen molar-refractivity contribution in [1.82, 2.24) is 4.98 Å². The van der Waals surface area contributed by atoms with Gasteiger partial charge in [-0.25, -0.2) is 0 Å². The van der Waals surface area contributed by atoms with Crippen LogP contribution in [0.5, 0.6) is 11.5 Å². The molecule has 0 amide bonds. The Morgan fingerprint density at radius 1 is 1.08 bits per heavy atom. The lowest BCUT2D eigenvalue weighted by Crippen LogP contribution is -2.07. The number of nitriles is 1. The summed E-state index contributed by atoms with van der Waals surface area (Å²) in [5, 5.41) is 9.07. The summed E-state index contributed by atoms with van der Waals surface area (Å²) in [5.41, 5.74) is 5.89. The molecular weight excluding hydrogens is 540 g/mol. The summed E-state index contributed by atoms with van der Waals surface area (Å²) >= 11 is 3.56. The Hall–Kier alpha value is -3.17. The summed E-state index contributed by atoms with van der Waals surface area (Å²) in [6, 6.07) is 5.60. The van der Waals surface area contributed by atoms with Gasteiger partial charge in [0.15, 0.2) is 6.29 Å². The van der Waals surface area contributed by atoms with Crippen molar-refractivity contribution < 1.29 is 14.3 Å². The number of aldehydes is 1. The Labute approximate surface area is 238 Å². The van der Waals surface area contributed by atoms with Crippen molar-refractivity contribution in [2.75, 3.05) is 6.61 Å². The second-order valence-electron chi connectivity index (χ2n) is 7.48. The maximum Gasteiger partial charge on any atom is 0.154 e. The van der Waals surface area contributed by atoms with Crippen molar-refractivity contribution >= 4 is 22.2 Å². The molecule has 0 spiro atoms. The Kier molecular flexibility index (Phi) is 18.2. The van der Waals surface area contributed by atoms with E-state index >= 15 is 0 Å². The minimum absolute atomic E-state index is 0.201. The van der Waals surface area contributed by atoms with Gasteiger partial charge in [0, 0.05) is 28.5 Å². The molecule has 5 nitrogen and oxygen atoms in total. The Morgan fingerprint density at radius 3 is 2.32 bits per heavy atom. The molecule has 1 heterocycles. The van der Waals surface area contributed by atoms with Gasteiger partial charge in [-0.3, -0.25) is 9.78 Å². The van der Waals surface area contributed by atoms with Crippen LogP contribution in [0.4, 0.5) is 0 Å². The Balaban J connectivity index is 0.00000213. The van der Waals surface area contributed by atoms with Gasteiger partial charge in [-0.1, -0.05) is 76.2 Å². The number of carbonyl (C=O) groups excluding carboxylic acids is 1. The van der Waals surface area contributed by atoms with Crippen LogP contribution in [0, 0.1) is 11.3 Å². The van der Waals surface area contributed by atoms with Gasteiger partial charge >= 0.3 is 0 Å². The first-order valence-corrected chi connectivity index (χ1v) is 14.2. The van der Waals surface area contributed by atoms with Crippen LogP contribution in [0.1, 0.15) is 94.4 Å². The quantitative estimate of drug-likeness (QED) is 0.218. The molecule has 1 aliphatic carbocycles. The fourth-order valence-corrected chi connectivity index (χ4v) is 4.01. The fourth-order valence-electron chi connectivity index (χ4n) is 3.76. The molecule has 0 bridgehead atoms. The lowest BCUT2D eigenvalue weighted by Gasteiger charge is -2.18. The number of aromatic nitrogens is 1. The van der Waals surface area contributed by atoms with Gasteiger partial charge in [0.05, 0.1) is 11.1 Å². The van der Waals surface area contributed by atoms with Gasteiger partial charge in [-0.15, -0.1) is 0 Å². The highest BCUT2D eigenvalue weighted by Crippen LogP contribution is 2.39. The third-order valence-electron chi connectivity index (χ3n) is 5.53. The molecule has 1 aliphatic rings. The van der Waals surface area contributed by atoms with E-state index in [-0.39, 0.29) is 6.61 Å². The molecule has 6 heteroatoms. The van der Waals surface area contributed by atoms with Crippen LogP contribution in [-0.4, -0.2) is 17.9 Å². The van der Waals surface area contributed by atoms with Crippen molar-refractivity contribution in [1.29, 1.82) is 5.26 Å². The highest BCUT2D eigenvalue weighted by molar-refractivity contribution is 9.12. The number of fused-ring (bicyclic) bond motifs is 1. The third-order valence-corrected chi connectivity index (χ3v) is 6.58. The van der Waals surface area contributed by atoms with E-state index in [1.54, 1.807) is 24.4 Å². The molecule has 0 N–H and O–H groups in total. The number of nitrogens with zero attached hydrogens (tertiary/aromatic N) is 2. The Morgan fingerprint density at radius 2 is 1.74 bits per heavy atom. The summed E-state index contributed by atoms with van der Waals surface area (Å²) < 4.78 is 13.2. The predicted molar refractivity (Wildman–Crippen MR) is 162 cm³/mol. The summed E-state index contributed by atoms with van der Waals surface area (Å²) in [4.78, 5) is 16.0. The minimum atomic E-state index is 0.201. The predicted octanol–water partition coefficient (Wildman–Crippen LogP) is 9.09. The van der Waals surface area contributed by atoms with E-state index in [1.807, 2.05) is 61.5 Å². The first-order chi connectivity index (χ1) is 18.5. The van der Waals surface area contributed by atoms with Gasteiger partial charge in [-0.2, -0.15) is 5.26 Å². The number of hydrogen-bond acceptors (Lipinski definition) is 5. The van der Waals surface area contributed by atoms with E-state index in [0.717, 1.165) is 63.6 Å². The number of rotatable bonds is 9. The molecule has 38 heavy (non-hydrogen) atoms. The lowest BCUT2D eigenvalue weighted by atomic mass is 10.0. The molecule has 1 aromatic carbocycles. The van der Waals surface area contributed by atoms with Crippen molar-refractivity contribution in [2.24, 2.45) is 0 Å². The van der Waals surface area contributed by atoms with Crippen LogP contribution in [-0.2, 0) is 19.4 Å². The zero-order chi connectivity index (χ0) is 29.1. The van der Waals surface area contributed by atoms with Crippen LogP contribution in [0.15, 0.2) is 58.9 Å². The highest BCUT2D eigenvalue weighted by Gasteiger charge is 2.24. The van der Waals surface area contributed by atoms with Gasteiger partial charge in [-0.05, 0) is 61.4 Å². The topological polar surface area (TPSA) is 72.2 Å². The molecule has 0 unspecified atom stereocenters. The van der Waals surface area contributed by atoms with Crippen LogP contribution in [0.3, 0.4) is 0 Å². The molecule has 0 aliphatic heterocycles. The average molecular weight is 584 g/mol. The molecule has 0 saturated heterocycles. The maximum absolute atomic E-state index is 11.9. The first-order valence-electron chi connectivity index (χ1n) is 13.4. The van der Waals surface area contributed by atoms with Crippen LogP contribution >= 0.6 is 15.9 Å². The minimum Gasteiger partial charge on any atom is -0.488 e. The molecule has 3 rings (SSSR count). The van der Waals surface area contributed by atoms with Crippen LogP contribution < -0.4 is 9.47 Å². The van der Waals surface area contributed by atoms with Crippen molar-refractivity contribution in [3.05, 3.63) is 86.7 Å². The molecule has 1 aromatic heterocycles. The zero-order valence-electron chi connectivity index (χ0n) is 24.3. The fraction of sp³-hybridized carbons (Fsp3) is 0.406. The van der Waals surface area contributed by atoms with Gasteiger partial charge < -0.3 is 9.47 Å². The van der Waals surface area contributed by atoms with E-state index in [0.29, 0.717) is 23.5 Å². The number of ether oxygens (including phenoxy) is 2. The normalized spacial score (nSPS) is 11.9. The second-order valence-corrected chi connectivity index (χ2v) is 8.33. The molecule has 0 fully saturated rings. The summed E-state index contributed by atoms with van der Waals surface area (Å²) in [5.74, 6) is 1.21. The third kappa shape index (κ3) is 9.61. The molecule has 0 atom stereocenters. The standard InChI is InChI=1S/C26H25BrN2O3.3C2H6/c1-4-20(17(3)24(27)5-2)16-32-25-10-26(23(14-30)21-7-6-8-22(21)25)31-15-19-9-18(11-28)12-29-13-19;3*1-2/h4-5,9-10,12-14H,1,6-8,15-16H2,2-3H3;3*1-2H3/b20-17+,24-5+;;;. The number of pyridine rings is 1. The van der Waals surface area contributed by atoms with Crippen molar-refractivity contribution in [3.8, 4) is 17.6 Å². The number of hydrogen-bond donors (Lipinski definition) is 0. The van der Waals surface area contributed by atoms with E-state index in [4.69, 9.17) is 14.7 Å². The van der Waals surface area contributed by atoms with E-state index < -0.39 is 0 Å².